The Morgan fingerprint density at radius 3 is 2.75 bits per heavy atom. The van der Waals surface area contributed by atoms with E-state index in [4.69, 9.17) is 5.73 Å². The van der Waals surface area contributed by atoms with Crippen LogP contribution in [0.25, 0.3) is 10.9 Å². The van der Waals surface area contributed by atoms with Crippen molar-refractivity contribution in [3.63, 3.8) is 0 Å². The molecular formula is C11H14N2O2S. The van der Waals surface area contributed by atoms with Crippen LogP contribution in [0.4, 0.5) is 5.69 Å². The van der Waals surface area contributed by atoms with Gasteiger partial charge < -0.3 is 10.3 Å². The highest BCUT2D eigenvalue weighted by Gasteiger charge is 2.06. The van der Waals surface area contributed by atoms with Crippen LogP contribution in [0, 0.1) is 0 Å². The summed E-state index contributed by atoms with van der Waals surface area (Å²) in [7, 11) is -2.93. The molecule has 0 unspecified atom stereocenters. The zero-order valence-corrected chi connectivity index (χ0v) is 9.87. The molecule has 2 rings (SSSR count). The summed E-state index contributed by atoms with van der Waals surface area (Å²) < 4.78 is 24.1. The Bertz CT molecular complexity index is 614. The molecule has 2 N–H and O–H groups in total. The van der Waals surface area contributed by atoms with Crippen molar-refractivity contribution >= 4 is 26.4 Å². The molecule has 0 radical (unpaired) electrons. The largest absolute Gasteiger partial charge is 0.398 e. The van der Waals surface area contributed by atoms with Gasteiger partial charge in [-0.05, 0) is 18.2 Å². The Morgan fingerprint density at radius 2 is 2.06 bits per heavy atom. The van der Waals surface area contributed by atoms with E-state index < -0.39 is 9.84 Å². The zero-order valence-electron chi connectivity index (χ0n) is 9.05. The van der Waals surface area contributed by atoms with Gasteiger partial charge in [-0.25, -0.2) is 8.42 Å². The number of hydrogen-bond acceptors (Lipinski definition) is 3. The lowest BCUT2D eigenvalue weighted by atomic mass is 10.2. The SMILES string of the molecule is CS(=O)(=O)CCn1ccc2c(N)cccc21. The predicted molar refractivity (Wildman–Crippen MR) is 66.1 cm³/mol. The number of benzene rings is 1. The number of fused-ring (bicyclic) bond motifs is 1. The third-order valence-corrected chi connectivity index (χ3v) is 3.47. The minimum Gasteiger partial charge on any atom is -0.398 e. The number of nitrogens with two attached hydrogens (primary N) is 1. The number of anilines is 1. The van der Waals surface area contributed by atoms with Gasteiger partial charge in [-0.3, -0.25) is 0 Å². The highest BCUT2D eigenvalue weighted by atomic mass is 32.2. The van der Waals surface area contributed by atoms with E-state index in [-0.39, 0.29) is 5.75 Å². The minimum atomic E-state index is -2.93. The molecule has 0 aliphatic carbocycles. The lowest BCUT2D eigenvalue weighted by molar-refractivity contribution is 0.596. The quantitative estimate of drug-likeness (QED) is 0.819. The smallest absolute Gasteiger partial charge is 0.149 e. The van der Waals surface area contributed by atoms with Gasteiger partial charge in [0.15, 0.2) is 0 Å². The van der Waals surface area contributed by atoms with Gasteiger partial charge in [0.2, 0.25) is 0 Å². The van der Waals surface area contributed by atoms with Crippen molar-refractivity contribution in [3.05, 3.63) is 30.5 Å². The van der Waals surface area contributed by atoms with Crippen molar-refractivity contribution in [2.24, 2.45) is 0 Å². The second-order valence-electron chi connectivity index (χ2n) is 3.92. The van der Waals surface area contributed by atoms with Gasteiger partial charge in [0.25, 0.3) is 0 Å². The summed E-state index contributed by atoms with van der Waals surface area (Å²) in [6, 6.07) is 7.55. The molecule has 1 heterocycles. The van der Waals surface area contributed by atoms with E-state index in [0.717, 1.165) is 16.6 Å². The number of nitrogens with zero attached hydrogens (tertiary/aromatic N) is 1. The molecule has 1 aromatic heterocycles. The number of hydrogen-bond donors (Lipinski definition) is 1. The Labute approximate surface area is 94.6 Å². The first-order valence-corrected chi connectivity index (χ1v) is 7.04. The normalized spacial score (nSPS) is 12.1. The Kier molecular flexibility index (Phi) is 2.63. The second-order valence-corrected chi connectivity index (χ2v) is 6.18. The summed E-state index contributed by atoms with van der Waals surface area (Å²) >= 11 is 0. The molecule has 5 heteroatoms. The third kappa shape index (κ3) is 2.19. The molecule has 0 fully saturated rings. The van der Waals surface area contributed by atoms with Crippen LogP contribution in [0.15, 0.2) is 30.5 Å². The fourth-order valence-corrected chi connectivity index (χ4v) is 2.23. The predicted octanol–water partition coefficient (Wildman–Crippen LogP) is 1.27. The van der Waals surface area contributed by atoms with E-state index in [0.29, 0.717) is 6.54 Å². The first kappa shape index (κ1) is 11.0. The van der Waals surface area contributed by atoms with Crippen LogP contribution < -0.4 is 5.73 Å². The summed E-state index contributed by atoms with van der Waals surface area (Å²) in [5.74, 6) is 0.144. The van der Waals surface area contributed by atoms with Gasteiger partial charge in [0, 0.05) is 30.1 Å². The molecule has 0 aliphatic rings. The molecule has 16 heavy (non-hydrogen) atoms. The number of nitrogen functional groups attached to an aromatic ring is 1. The van der Waals surface area contributed by atoms with Gasteiger partial charge in [0.1, 0.15) is 9.84 Å². The highest BCUT2D eigenvalue weighted by molar-refractivity contribution is 7.90. The van der Waals surface area contributed by atoms with Gasteiger partial charge >= 0.3 is 0 Å². The third-order valence-electron chi connectivity index (χ3n) is 2.55. The van der Waals surface area contributed by atoms with Crippen LogP contribution >= 0.6 is 0 Å². The first-order chi connectivity index (χ1) is 7.47. The van der Waals surface area contributed by atoms with E-state index in [1.165, 1.54) is 6.26 Å². The fraction of sp³-hybridized carbons (Fsp3) is 0.273. The number of aryl methyl sites for hydroxylation is 1. The van der Waals surface area contributed by atoms with Gasteiger partial charge in [-0.1, -0.05) is 6.07 Å². The van der Waals surface area contributed by atoms with Crippen molar-refractivity contribution < 1.29 is 8.42 Å². The summed E-state index contributed by atoms with van der Waals surface area (Å²) in [5.41, 5.74) is 7.51. The standard InChI is InChI=1S/C11H14N2O2S/c1-16(14,15)8-7-13-6-5-9-10(12)3-2-4-11(9)13/h2-6H,7-8,12H2,1H3. The molecule has 86 valence electrons. The van der Waals surface area contributed by atoms with Crippen LogP contribution in [0.2, 0.25) is 0 Å². The van der Waals surface area contributed by atoms with Crippen molar-refractivity contribution in [1.82, 2.24) is 4.57 Å². The van der Waals surface area contributed by atoms with E-state index in [9.17, 15) is 8.42 Å². The van der Waals surface area contributed by atoms with Crippen molar-refractivity contribution in [1.29, 1.82) is 0 Å². The van der Waals surface area contributed by atoms with Crippen molar-refractivity contribution in [2.45, 2.75) is 6.54 Å². The lowest BCUT2D eigenvalue weighted by Crippen LogP contribution is -2.10. The molecule has 0 atom stereocenters. The number of rotatable bonds is 3. The average Bonchev–Trinajstić information content (AvgIpc) is 2.58. The first-order valence-electron chi connectivity index (χ1n) is 4.98. The summed E-state index contributed by atoms with van der Waals surface area (Å²) in [4.78, 5) is 0. The maximum atomic E-state index is 11.1. The molecule has 0 aliphatic heterocycles. The Balaban J connectivity index is 2.36. The minimum absolute atomic E-state index is 0.144. The Hall–Kier alpha value is -1.49. The monoisotopic (exact) mass is 238 g/mol. The maximum Gasteiger partial charge on any atom is 0.149 e. The molecule has 0 spiro atoms. The van der Waals surface area contributed by atoms with E-state index >= 15 is 0 Å². The average molecular weight is 238 g/mol. The second kappa shape index (κ2) is 3.83. The van der Waals surface area contributed by atoms with E-state index in [1.54, 1.807) is 0 Å². The van der Waals surface area contributed by atoms with Crippen LogP contribution in [0.3, 0.4) is 0 Å². The van der Waals surface area contributed by atoms with Crippen molar-refractivity contribution in [3.8, 4) is 0 Å². The van der Waals surface area contributed by atoms with Crippen molar-refractivity contribution in [2.75, 3.05) is 17.7 Å². The molecule has 4 nitrogen and oxygen atoms in total. The maximum absolute atomic E-state index is 11.1. The van der Waals surface area contributed by atoms with Gasteiger partial charge in [-0.15, -0.1) is 0 Å². The number of aromatic nitrogens is 1. The zero-order chi connectivity index (χ0) is 11.8. The van der Waals surface area contributed by atoms with Crippen LogP contribution in [-0.2, 0) is 16.4 Å². The van der Waals surface area contributed by atoms with E-state index in [1.807, 2.05) is 35.0 Å². The summed E-state index contributed by atoms with van der Waals surface area (Å²) in [5, 5.41) is 0.969. The summed E-state index contributed by atoms with van der Waals surface area (Å²) in [6.07, 6.45) is 3.11. The summed E-state index contributed by atoms with van der Waals surface area (Å²) in [6.45, 7) is 0.464. The Morgan fingerprint density at radius 1 is 1.31 bits per heavy atom. The van der Waals surface area contributed by atoms with Crippen LogP contribution in [0.1, 0.15) is 0 Å². The molecular weight excluding hydrogens is 224 g/mol. The number of sulfone groups is 1. The topological polar surface area (TPSA) is 65.1 Å². The van der Waals surface area contributed by atoms with Gasteiger partial charge in [-0.2, -0.15) is 0 Å². The van der Waals surface area contributed by atoms with Crippen LogP contribution in [-0.4, -0.2) is 25.0 Å². The van der Waals surface area contributed by atoms with Crippen LogP contribution in [0.5, 0.6) is 0 Å². The molecule has 0 bridgehead atoms. The van der Waals surface area contributed by atoms with E-state index in [2.05, 4.69) is 0 Å². The molecule has 0 saturated heterocycles. The molecule has 0 saturated carbocycles. The highest BCUT2D eigenvalue weighted by Crippen LogP contribution is 2.21. The molecule has 2 aromatic rings. The molecule has 0 amide bonds. The fourth-order valence-electron chi connectivity index (χ4n) is 1.71. The molecule has 1 aromatic carbocycles. The lowest BCUT2D eigenvalue weighted by Gasteiger charge is -2.04. The van der Waals surface area contributed by atoms with Gasteiger partial charge in [0.05, 0.1) is 11.3 Å².